The third kappa shape index (κ3) is 13.1. The van der Waals surface area contributed by atoms with Crippen molar-refractivity contribution in [3.05, 3.63) is 232 Å². The van der Waals surface area contributed by atoms with Gasteiger partial charge in [-0.3, -0.25) is 9.59 Å². The summed E-state index contributed by atoms with van der Waals surface area (Å²) < 4.78 is 5.24. The summed E-state index contributed by atoms with van der Waals surface area (Å²) in [6.07, 6.45) is 19.1. The van der Waals surface area contributed by atoms with Gasteiger partial charge in [-0.1, -0.05) is 190 Å². The van der Waals surface area contributed by atoms with Crippen LogP contribution in [0.2, 0.25) is 0 Å². The summed E-state index contributed by atoms with van der Waals surface area (Å²) in [5.74, 6) is 2.36. The molecule has 0 aliphatic carbocycles. The molecule has 5 saturated heterocycles. The van der Waals surface area contributed by atoms with Crippen molar-refractivity contribution in [1.29, 1.82) is 0 Å². The summed E-state index contributed by atoms with van der Waals surface area (Å²) in [6.45, 7) is 20.5. The summed E-state index contributed by atoms with van der Waals surface area (Å²) in [4.78, 5) is 28.9. The fourth-order valence-corrected chi connectivity index (χ4v) is 30.2. The average molecular weight is 1250 g/mol. The molecular formula is C81H98O3S4+4. The molecule has 88 heavy (non-hydrogen) atoms. The number of hydrogen-bond donors (Lipinski definition) is 0. The highest BCUT2D eigenvalue weighted by atomic mass is 32.2. The zero-order chi connectivity index (χ0) is 61.5. The number of Topliss-reactive ketones (excluding diaryl/α,β-unsaturated/α-hetero) is 2. The number of hydrogen-bond acceptors (Lipinski definition) is 3. The van der Waals surface area contributed by atoms with Crippen LogP contribution in [0.5, 0.6) is 5.75 Å². The Hall–Kier alpha value is -4.92. The van der Waals surface area contributed by atoms with E-state index >= 15 is 0 Å². The zero-order valence-electron chi connectivity index (χ0n) is 54.4. The SMILES string of the molecule is CC(C)(C)c1ccc([S+]2C3CCC2c2ccccc23)cc1.CC(C)(C)c1ccc([S+]2C3c4ccccc4C2c2ccccc23)cc1.COc1ccc(C(=O)C([S+]2C3CCCC2CCC3)C(C)(C)C)cc1.O=C(C[S+]1C2CCCC1CCC2)c1ccccc1. The molecule has 0 N–H and O–H groups in total. The maximum absolute atomic E-state index is 13.5. The van der Waals surface area contributed by atoms with Gasteiger partial charge in [-0.15, -0.1) is 0 Å². The molecule has 0 amide bonds. The van der Waals surface area contributed by atoms with Crippen molar-refractivity contribution in [2.45, 2.75) is 220 Å². The van der Waals surface area contributed by atoms with E-state index in [1.165, 1.54) is 106 Å². The molecule has 8 bridgehead atoms. The van der Waals surface area contributed by atoms with E-state index in [4.69, 9.17) is 4.74 Å². The van der Waals surface area contributed by atoms with Crippen LogP contribution < -0.4 is 4.74 Å². The van der Waals surface area contributed by atoms with Crippen molar-refractivity contribution in [2.24, 2.45) is 5.41 Å². The Morgan fingerprint density at radius 2 is 0.795 bits per heavy atom. The highest BCUT2D eigenvalue weighted by Crippen LogP contribution is 2.63. The lowest BCUT2D eigenvalue weighted by atomic mass is 9.86. The van der Waals surface area contributed by atoms with Crippen LogP contribution in [0.4, 0.5) is 0 Å². The maximum Gasteiger partial charge on any atom is 0.215 e. The van der Waals surface area contributed by atoms with Gasteiger partial charge in [-0.05, 0) is 148 Å². The molecule has 3 nitrogen and oxygen atoms in total. The number of benzene rings is 7. The molecule has 5 fully saturated rings. The summed E-state index contributed by atoms with van der Waals surface area (Å²) in [7, 11) is 2.88. The van der Waals surface area contributed by atoms with Crippen LogP contribution in [0, 0.1) is 5.41 Å². The number of ketones is 2. The van der Waals surface area contributed by atoms with Gasteiger partial charge in [0.25, 0.3) is 0 Å². The van der Waals surface area contributed by atoms with Crippen molar-refractivity contribution >= 4 is 55.1 Å². The van der Waals surface area contributed by atoms with E-state index < -0.39 is 0 Å². The van der Waals surface area contributed by atoms with Crippen LogP contribution in [0.1, 0.15) is 238 Å². The quantitative estimate of drug-likeness (QED) is 0.107. The molecule has 0 radical (unpaired) electrons. The van der Waals surface area contributed by atoms with Crippen LogP contribution in [0.15, 0.2) is 186 Å². The minimum Gasteiger partial charge on any atom is -0.497 e. The van der Waals surface area contributed by atoms with Gasteiger partial charge >= 0.3 is 0 Å². The number of ether oxygens (including phenoxy) is 1. The van der Waals surface area contributed by atoms with Crippen molar-refractivity contribution in [3.8, 4) is 5.75 Å². The van der Waals surface area contributed by atoms with Crippen molar-refractivity contribution in [1.82, 2.24) is 0 Å². The van der Waals surface area contributed by atoms with Gasteiger partial charge in [0.2, 0.25) is 11.6 Å². The Bertz CT molecular complexity index is 3340. The number of methoxy groups -OCH3 is 1. The van der Waals surface area contributed by atoms with E-state index in [-0.39, 0.29) is 43.3 Å². The summed E-state index contributed by atoms with van der Waals surface area (Å²) >= 11 is 0. The van der Waals surface area contributed by atoms with Gasteiger partial charge in [-0.25, -0.2) is 0 Å². The first-order valence-electron chi connectivity index (χ1n) is 33.4. The van der Waals surface area contributed by atoms with Crippen LogP contribution in [0.25, 0.3) is 0 Å². The van der Waals surface area contributed by atoms with E-state index in [1.807, 2.05) is 54.6 Å². The normalized spacial score (nSPS) is 27.1. The van der Waals surface area contributed by atoms with E-state index in [9.17, 15) is 9.59 Å². The lowest BCUT2D eigenvalue weighted by Crippen LogP contribution is -2.54. The lowest BCUT2D eigenvalue weighted by Gasteiger charge is -2.42. The Morgan fingerprint density at radius 3 is 1.18 bits per heavy atom. The molecular weight excluding hydrogens is 1150 g/mol. The van der Waals surface area contributed by atoms with Gasteiger partial charge in [0.1, 0.15) is 37.2 Å². The van der Waals surface area contributed by atoms with Crippen LogP contribution >= 0.6 is 0 Å². The van der Waals surface area contributed by atoms with Gasteiger partial charge in [-0.2, -0.15) is 0 Å². The minimum absolute atomic E-state index is 0.0191. The van der Waals surface area contributed by atoms with Gasteiger partial charge in [0.05, 0.1) is 7.11 Å². The largest absolute Gasteiger partial charge is 0.497 e. The number of fused-ring (bicyclic) bond motifs is 17. The molecule has 8 aliphatic rings. The predicted molar refractivity (Wildman–Crippen MR) is 381 cm³/mol. The summed E-state index contributed by atoms with van der Waals surface area (Å²) in [6, 6.07) is 63.9. The third-order valence-corrected chi connectivity index (χ3v) is 33.6. The summed E-state index contributed by atoms with van der Waals surface area (Å²) in [5.41, 5.74) is 14.6. The number of rotatable bonds is 9. The first kappa shape index (κ1) is 63.2. The Kier molecular flexibility index (Phi) is 19.2. The standard InChI is InChI=1S/C24H23S.C21H31O2S.C20H23S.C16H21OS/c1-24(2,3)16-12-14-17(15-13-16)25-22-18-8-4-5-9-19(18)23(25)21-11-7-6-10-20(21)22;1-21(2,3)20(19(22)15-11-13-16(23-4)14-12-15)24-17-7-5-8-18(24)10-6-9-17;1-20(2,3)14-8-10-15(11-9-14)21-18-12-13-19(21)17-7-5-4-6-16(17)18;17-16(13-6-2-1-3-7-13)12-18-14-8-4-9-15(18)11-5-10-14/h4-15,22-23H,1-3H3;11-14,17-18,20H,5-10H2,1-4H3;4-11,18-19H,12-13H2,1-3H3;1-3,6-7,14-15H,4-5,8-12H2/q4*+1. The first-order chi connectivity index (χ1) is 42.4. The van der Waals surface area contributed by atoms with Gasteiger partial charge < -0.3 is 4.74 Å². The molecule has 0 spiro atoms. The summed E-state index contributed by atoms with van der Waals surface area (Å²) in [5, 5.41) is 6.10. The topological polar surface area (TPSA) is 43.4 Å². The molecule has 0 saturated carbocycles. The second-order valence-corrected chi connectivity index (χ2v) is 39.0. The van der Waals surface area contributed by atoms with E-state index in [2.05, 4.69) is 184 Å². The molecule has 8 aliphatic heterocycles. The van der Waals surface area contributed by atoms with E-state index in [0.717, 1.165) is 54.1 Å². The van der Waals surface area contributed by atoms with Crippen LogP contribution in [-0.2, 0) is 54.4 Å². The smallest absolute Gasteiger partial charge is 0.215 e. The fraction of sp³-hybridized carbons (Fsp3) is 0.457. The number of carbonyl (C=O) groups is 2. The van der Waals surface area contributed by atoms with Gasteiger partial charge in [0, 0.05) is 106 Å². The first-order valence-corrected chi connectivity index (χ1v) is 39.1. The molecule has 3 atom stereocenters. The van der Waals surface area contributed by atoms with Crippen molar-refractivity contribution < 1.29 is 14.3 Å². The van der Waals surface area contributed by atoms with Crippen molar-refractivity contribution in [3.63, 3.8) is 0 Å². The van der Waals surface area contributed by atoms with Crippen LogP contribution in [0.3, 0.4) is 0 Å². The average Bonchev–Trinajstić information content (AvgIpc) is 1.72. The zero-order valence-corrected chi connectivity index (χ0v) is 57.7. The highest BCUT2D eigenvalue weighted by molar-refractivity contribution is 8.00. The second kappa shape index (κ2) is 26.7. The maximum atomic E-state index is 13.5. The van der Waals surface area contributed by atoms with E-state index in [1.54, 1.807) is 45.4 Å². The number of carbonyl (C=O) groups excluding carboxylic acids is 2. The molecule has 15 rings (SSSR count). The van der Waals surface area contributed by atoms with Crippen LogP contribution in [-0.4, -0.2) is 50.7 Å². The molecule has 0 aromatic heterocycles. The molecule has 460 valence electrons. The lowest BCUT2D eigenvalue weighted by molar-refractivity contribution is 0.0946. The molecule has 7 aromatic rings. The third-order valence-electron chi connectivity index (χ3n) is 20.5. The molecule has 8 heterocycles. The van der Waals surface area contributed by atoms with Gasteiger partial charge in [0.15, 0.2) is 31.3 Å². The molecule has 7 heteroatoms. The van der Waals surface area contributed by atoms with E-state index in [0.29, 0.717) is 43.9 Å². The Labute approximate surface area is 541 Å². The molecule has 7 aromatic carbocycles. The fourth-order valence-electron chi connectivity index (χ4n) is 16.1. The minimum atomic E-state index is 0.0191. The predicted octanol–water partition coefficient (Wildman–Crippen LogP) is 20.3. The highest BCUT2D eigenvalue weighted by Gasteiger charge is 2.60. The second-order valence-electron chi connectivity index (χ2n) is 29.4. The Balaban J connectivity index is 0.000000115. The van der Waals surface area contributed by atoms with Crippen molar-refractivity contribution in [2.75, 3.05) is 12.9 Å². The monoisotopic (exact) mass is 1250 g/mol. The Morgan fingerprint density at radius 1 is 0.420 bits per heavy atom. The molecule has 3 unspecified atom stereocenters.